The maximum atomic E-state index is 12.8. The molecule has 0 aliphatic rings. The van der Waals surface area contributed by atoms with Crippen LogP contribution in [0.3, 0.4) is 0 Å². The van der Waals surface area contributed by atoms with Crippen LogP contribution in [0, 0.1) is 0 Å². The number of nitrogens with one attached hydrogen (secondary N) is 3. The number of hydrogen-bond acceptors (Lipinski definition) is 5. The first-order valence-corrected chi connectivity index (χ1v) is 9.09. The summed E-state index contributed by atoms with van der Waals surface area (Å²) in [5.41, 5.74) is 7.99. The highest BCUT2D eigenvalue weighted by Gasteiger charge is 2.30. The molecule has 158 valence electrons. The van der Waals surface area contributed by atoms with Crippen molar-refractivity contribution in [3.63, 3.8) is 0 Å². The van der Waals surface area contributed by atoms with Gasteiger partial charge in [0.2, 0.25) is 0 Å². The molecule has 2 aromatic carbocycles. The number of H-pyrrole nitrogens is 1. The number of carbonyl (C=O) groups is 1. The molecule has 2 heterocycles. The number of anilines is 2. The lowest BCUT2D eigenvalue weighted by Crippen LogP contribution is -2.19. The second-order valence-corrected chi connectivity index (χ2v) is 6.56. The van der Waals surface area contributed by atoms with Gasteiger partial charge < -0.3 is 16.4 Å². The standard InChI is InChI=1S/C20H16F3N7O/c21-20(22,23)12-2-1-3-14(8-12)28-19(31)27-13-6-4-11(5-7-13)17-16-15(9-24)25-10-26-18(16)30-29-17/h1-8,10H,9,24H2,(H2,27,28,31)(H,25,26,29,30). The van der Waals surface area contributed by atoms with Gasteiger partial charge in [0.15, 0.2) is 5.65 Å². The van der Waals surface area contributed by atoms with Gasteiger partial charge in [0.05, 0.1) is 22.3 Å². The summed E-state index contributed by atoms with van der Waals surface area (Å²) in [7, 11) is 0. The smallest absolute Gasteiger partial charge is 0.325 e. The third kappa shape index (κ3) is 4.31. The molecule has 0 aliphatic heterocycles. The monoisotopic (exact) mass is 427 g/mol. The Balaban J connectivity index is 1.49. The summed E-state index contributed by atoms with van der Waals surface area (Å²) in [6, 6.07) is 10.5. The summed E-state index contributed by atoms with van der Waals surface area (Å²) in [5.74, 6) is 0. The molecule has 0 saturated carbocycles. The molecule has 0 radical (unpaired) electrons. The van der Waals surface area contributed by atoms with Gasteiger partial charge >= 0.3 is 12.2 Å². The van der Waals surface area contributed by atoms with Crippen LogP contribution in [-0.2, 0) is 12.7 Å². The van der Waals surface area contributed by atoms with E-state index in [1.807, 2.05) is 0 Å². The molecule has 4 rings (SSSR count). The Bertz CT molecular complexity index is 1240. The van der Waals surface area contributed by atoms with Gasteiger partial charge in [0.25, 0.3) is 0 Å². The van der Waals surface area contributed by atoms with Crippen molar-refractivity contribution in [2.45, 2.75) is 12.7 Å². The minimum absolute atomic E-state index is 0.0298. The summed E-state index contributed by atoms with van der Waals surface area (Å²) < 4.78 is 38.4. The third-order valence-electron chi connectivity index (χ3n) is 4.50. The van der Waals surface area contributed by atoms with Gasteiger partial charge in [-0.3, -0.25) is 5.10 Å². The van der Waals surface area contributed by atoms with Crippen LogP contribution in [0.1, 0.15) is 11.3 Å². The van der Waals surface area contributed by atoms with Crippen LogP contribution in [0.25, 0.3) is 22.3 Å². The Kier molecular flexibility index (Phi) is 5.26. The molecule has 11 heteroatoms. The van der Waals surface area contributed by atoms with E-state index >= 15 is 0 Å². The van der Waals surface area contributed by atoms with Gasteiger partial charge in [-0.05, 0) is 30.3 Å². The van der Waals surface area contributed by atoms with Gasteiger partial charge in [-0.2, -0.15) is 18.3 Å². The summed E-state index contributed by atoms with van der Waals surface area (Å²) in [4.78, 5) is 20.4. The molecule has 0 saturated heterocycles. The van der Waals surface area contributed by atoms with Crippen molar-refractivity contribution in [2.24, 2.45) is 5.73 Å². The highest BCUT2D eigenvalue weighted by Crippen LogP contribution is 2.31. The number of rotatable bonds is 4. The number of alkyl halides is 3. The molecule has 8 nitrogen and oxygen atoms in total. The van der Waals surface area contributed by atoms with Crippen molar-refractivity contribution >= 4 is 28.4 Å². The average molecular weight is 427 g/mol. The Labute approximate surface area is 173 Å². The molecule has 0 atom stereocenters. The molecule has 5 N–H and O–H groups in total. The summed E-state index contributed by atoms with van der Waals surface area (Å²) >= 11 is 0. The first kappa shape index (κ1) is 20.3. The first-order chi connectivity index (χ1) is 14.8. The van der Waals surface area contributed by atoms with Crippen molar-refractivity contribution in [3.8, 4) is 11.3 Å². The lowest BCUT2D eigenvalue weighted by molar-refractivity contribution is -0.137. The van der Waals surface area contributed by atoms with Gasteiger partial charge in [-0.25, -0.2) is 14.8 Å². The third-order valence-corrected chi connectivity index (χ3v) is 4.50. The largest absolute Gasteiger partial charge is 0.416 e. The van der Waals surface area contributed by atoms with Gasteiger partial charge in [-0.1, -0.05) is 18.2 Å². The van der Waals surface area contributed by atoms with Crippen LogP contribution in [0.5, 0.6) is 0 Å². The van der Waals surface area contributed by atoms with Gasteiger partial charge in [0.1, 0.15) is 6.33 Å². The van der Waals surface area contributed by atoms with E-state index in [1.54, 1.807) is 24.3 Å². The van der Waals surface area contributed by atoms with Crippen LogP contribution in [0.15, 0.2) is 54.9 Å². The topological polar surface area (TPSA) is 122 Å². The van der Waals surface area contributed by atoms with Crippen molar-refractivity contribution < 1.29 is 18.0 Å². The zero-order chi connectivity index (χ0) is 22.0. The summed E-state index contributed by atoms with van der Waals surface area (Å²) in [6.45, 7) is 0.223. The van der Waals surface area contributed by atoms with E-state index in [2.05, 4.69) is 30.8 Å². The number of aromatic nitrogens is 4. The molecule has 0 aliphatic carbocycles. The number of amides is 2. The fourth-order valence-electron chi connectivity index (χ4n) is 3.07. The number of benzene rings is 2. The normalized spacial score (nSPS) is 11.5. The lowest BCUT2D eigenvalue weighted by atomic mass is 10.1. The Morgan fingerprint density at radius 2 is 1.77 bits per heavy atom. The van der Waals surface area contributed by atoms with Crippen LogP contribution in [0.2, 0.25) is 0 Å². The van der Waals surface area contributed by atoms with Crippen LogP contribution in [0.4, 0.5) is 29.3 Å². The number of aromatic amines is 1. The van der Waals surface area contributed by atoms with E-state index in [1.165, 1.54) is 18.5 Å². The van der Waals surface area contributed by atoms with Gasteiger partial charge in [-0.15, -0.1) is 0 Å². The second-order valence-electron chi connectivity index (χ2n) is 6.56. The first-order valence-electron chi connectivity index (χ1n) is 9.09. The van der Waals surface area contributed by atoms with E-state index in [0.29, 0.717) is 28.1 Å². The van der Waals surface area contributed by atoms with Crippen molar-refractivity contribution in [2.75, 3.05) is 10.6 Å². The minimum atomic E-state index is -4.49. The highest BCUT2D eigenvalue weighted by molar-refractivity contribution is 6.00. The molecule has 2 aromatic heterocycles. The molecule has 0 spiro atoms. The predicted octanol–water partition coefficient (Wildman–Crippen LogP) is 4.14. The molecule has 4 aromatic rings. The van der Waals surface area contributed by atoms with Crippen molar-refractivity contribution in [3.05, 3.63) is 66.1 Å². The number of fused-ring (bicyclic) bond motifs is 1. The number of nitrogens with zero attached hydrogens (tertiary/aromatic N) is 3. The SMILES string of the molecule is NCc1ncnc2n[nH]c(-c3ccc(NC(=O)Nc4cccc(C(F)(F)F)c4)cc3)c12. The highest BCUT2D eigenvalue weighted by atomic mass is 19.4. The number of halogens is 3. The number of carbonyl (C=O) groups excluding carboxylic acids is 1. The predicted molar refractivity (Wildman–Crippen MR) is 109 cm³/mol. The number of nitrogens with two attached hydrogens (primary N) is 1. The van der Waals surface area contributed by atoms with Crippen LogP contribution < -0.4 is 16.4 Å². The van der Waals surface area contributed by atoms with E-state index in [0.717, 1.165) is 17.7 Å². The minimum Gasteiger partial charge on any atom is -0.325 e. The molecule has 2 amide bonds. The zero-order valence-electron chi connectivity index (χ0n) is 15.9. The Morgan fingerprint density at radius 1 is 1.03 bits per heavy atom. The molecule has 31 heavy (non-hydrogen) atoms. The Morgan fingerprint density at radius 3 is 2.48 bits per heavy atom. The molecular weight excluding hydrogens is 411 g/mol. The quantitative estimate of drug-likeness (QED) is 0.390. The molecule has 0 unspecified atom stereocenters. The van der Waals surface area contributed by atoms with E-state index < -0.39 is 17.8 Å². The van der Waals surface area contributed by atoms with Crippen molar-refractivity contribution in [1.82, 2.24) is 20.2 Å². The Hall–Kier alpha value is -3.99. The molecule has 0 bridgehead atoms. The molecular formula is C20H16F3N7O. The van der Waals surface area contributed by atoms with E-state index in [4.69, 9.17) is 5.73 Å². The van der Waals surface area contributed by atoms with E-state index in [-0.39, 0.29) is 12.2 Å². The average Bonchev–Trinajstić information content (AvgIpc) is 3.18. The number of hydrogen-bond donors (Lipinski definition) is 4. The summed E-state index contributed by atoms with van der Waals surface area (Å²) in [5, 5.41) is 12.8. The lowest BCUT2D eigenvalue weighted by Gasteiger charge is -2.11. The van der Waals surface area contributed by atoms with Crippen LogP contribution >= 0.6 is 0 Å². The van der Waals surface area contributed by atoms with Crippen molar-refractivity contribution in [1.29, 1.82) is 0 Å². The number of urea groups is 1. The maximum Gasteiger partial charge on any atom is 0.416 e. The summed E-state index contributed by atoms with van der Waals surface area (Å²) in [6.07, 6.45) is -3.10. The van der Waals surface area contributed by atoms with Gasteiger partial charge in [0, 0.05) is 23.5 Å². The molecule has 0 fully saturated rings. The second kappa shape index (κ2) is 8.03. The fraction of sp³-hybridized carbons (Fsp3) is 0.100. The van der Waals surface area contributed by atoms with E-state index in [9.17, 15) is 18.0 Å². The zero-order valence-corrected chi connectivity index (χ0v) is 15.9. The fourth-order valence-corrected chi connectivity index (χ4v) is 3.07. The maximum absolute atomic E-state index is 12.8. The van der Waals surface area contributed by atoms with Crippen LogP contribution in [-0.4, -0.2) is 26.2 Å².